The second-order valence-electron chi connectivity index (χ2n) is 6.85. The molecule has 3 aromatic carbocycles. The molecule has 9 heteroatoms. The van der Waals surface area contributed by atoms with Crippen LogP contribution in [0.25, 0.3) is 0 Å². The first-order chi connectivity index (χ1) is 15.3. The molecule has 2 N–H and O–H groups in total. The summed E-state index contributed by atoms with van der Waals surface area (Å²) in [7, 11) is -0.716. The SMILES string of the molecule is COc1ccc(NS(=O)(=O)c2ccc(OCC(=O)Nc3cc(C)ccc3OC)cc2)cc1. The molecular weight excluding hydrogens is 432 g/mol. The monoisotopic (exact) mass is 456 g/mol. The zero-order valence-electron chi connectivity index (χ0n) is 17.9. The minimum Gasteiger partial charge on any atom is -0.497 e. The van der Waals surface area contributed by atoms with E-state index in [1.54, 1.807) is 36.4 Å². The molecule has 8 nitrogen and oxygen atoms in total. The fourth-order valence-corrected chi connectivity index (χ4v) is 3.90. The standard InChI is InChI=1S/C23H24N2O6S/c1-16-4-13-22(30-3)21(14-16)24-23(26)15-31-19-9-11-20(12-10-19)32(27,28)25-17-5-7-18(29-2)8-6-17/h4-14,25H,15H2,1-3H3,(H,24,26). The Morgan fingerprint density at radius 2 is 1.53 bits per heavy atom. The summed E-state index contributed by atoms with van der Waals surface area (Å²) in [6.45, 7) is 1.66. The van der Waals surface area contributed by atoms with Gasteiger partial charge in [-0.15, -0.1) is 0 Å². The van der Waals surface area contributed by atoms with Crippen LogP contribution >= 0.6 is 0 Å². The van der Waals surface area contributed by atoms with Gasteiger partial charge in [-0.1, -0.05) is 6.07 Å². The van der Waals surface area contributed by atoms with Gasteiger partial charge in [-0.2, -0.15) is 0 Å². The van der Waals surface area contributed by atoms with Gasteiger partial charge in [-0.05, 0) is 73.2 Å². The highest BCUT2D eigenvalue weighted by Gasteiger charge is 2.15. The molecule has 3 aromatic rings. The smallest absolute Gasteiger partial charge is 0.262 e. The predicted octanol–water partition coefficient (Wildman–Crippen LogP) is 3.83. The number of methoxy groups -OCH3 is 2. The highest BCUT2D eigenvalue weighted by atomic mass is 32.2. The molecule has 0 saturated heterocycles. The number of benzene rings is 3. The van der Waals surface area contributed by atoms with Crippen LogP contribution in [-0.4, -0.2) is 35.2 Å². The molecule has 0 heterocycles. The van der Waals surface area contributed by atoms with Gasteiger partial charge < -0.3 is 19.5 Å². The van der Waals surface area contributed by atoms with E-state index in [1.807, 2.05) is 13.0 Å². The van der Waals surface area contributed by atoms with Crippen molar-refractivity contribution in [2.45, 2.75) is 11.8 Å². The van der Waals surface area contributed by atoms with Crippen molar-refractivity contribution in [3.05, 3.63) is 72.3 Å². The zero-order chi connectivity index (χ0) is 23.1. The second kappa shape index (κ2) is 10.1. The molecule has 0 unspecified atom stereocenters. The average molecular weight is 457 g/mol. The van der Waals surface area contributed by atoms with Gasteiger partial charge in [0.2, 0.25) is 0 Å². The van der Waals surface area contributed by atoms with Crippen molar-refractivity contribution in [2.75, 3.05) is 30.9 Å². The third kappa shape index (κ3) is 5.92. The highest BCUT2D eigenvalue weighted by Crippen LogP contribution is 2.25. The number of rotatable bonds is 9. The summed E-state index contributed by atoms with van der Waals surface area (Å²) in [5.41, 5.74) is 1.93. The van der Waals surface area contributed by atoms with Gasteiger partial charge in [0.25, 0.3) is 15.9 Å². The van der Waals surface area contributed by atoms with Crippen LogP contribution in [0.15, 0.2) is 71.6 Å². The van der Waals surface area contributed by atoms with Gasteiger partial charge >= 0.3 is 0 Å². The Labute approximate surface area is 187 Å². The van der Waals surface area contributed by atoms with Crippen molar-refractivity contribution in [3.63, 3.8) is 0 Å². The number of hydrogen-bond donors (Lipinski definition) is 2. The van der Waals surface area contributed by atoms with Crippen LogP contribution < -0.4 is 24.2 Å². The summed E-state index contributed by atoms with van der Waals surface area (Å²) < 4.78 is 43.4. The predicted molar refractivity (Wildman–Crippen MR) is 122 cm³/mol. The van der Waals surface area contributed by atoms with Gasteiger partial charge in [0.1, 0.15) is 17.2 Å². The minimum absolute atomic E-state index is 0.0645. The second-order valence-corrected chi connectivity index (χ2v) is 8.53. The lowest BCUT2D eigenvalue weighted by Crippen LogP contribution is -2.20. The average Bonchev–Trinajstić information content (AvgIpc) is 2.78. The van der Waals surface area contributed by atoms with Crippen LogP contribution in [0.5, 0.6) is 17.2 Å². The molecule has 0 saturated carbocycles. The first-order valence-corrected chi connectivity index (χ1v) is 11.1. The quantitative estimate of drug-likeness (QED) is 0.507. The highest BCUT2D eigenvalue weighted by molar-refractivity contribution is 7.92. The Hall–Kier alpha value is -3.72. The maximum absolute atomic E-state index is 12.6. The van der Waals surface area contributed by atoms with Crippen LogP contribution in [0.4, 0.5) is 11.4 Å². The van der Waals surface area contributed by atoms with E-state index in [4.69, 9.17) is 14.2 Å². The fourth-order valence-electron chi connectivity index (χ4n) is 2.84. The number of nitrogens with one attached hydrogen (secondary N) is 2. The Morgan fingerprint density at radius 3 is 2.16 bits per heavy atom. The van der Waals surface area contributed by atoms with Crippen LogP contribution in [0.1, 0.15) is 5.56 Å². The van der Waals surface area contributed by atoms with E-state index < -0.39 is 10.0 Å². The zero-order valence-corrected chi connectivity index (χ0v) is 18.7. The Kier molecular flexibility index (Phi) is 7.21. The molecular formula is C23H24N2O6S. The maximum atomic E-state index is 12.6. The first-order valence-electron chi connectivity index (χ1n) is 9.65. The van der Waals surface area contributed by atoms with E-state index in [1.165, 1.54) is 38.5 Å². The molecule has 0 aliphatic heterocycles. The van der Waals surface area contributed by atoms with E-state index in [0.29, 0.717) is 28.6 Å². The topological polar surface area (TPSA) is 103 Å². The number of anilines is 2. The molecule has 0 bridgehead atoms. The third-order valence-corrected chi connectivity index (χ3v) is 5.87. The number of ether oxygens (including phenoxy) is 3. The molecule has 1 amide bonds. The van der Waals surface area contributed by atoms with E-state index in [9.17, 15) is 13.2 Å². The van der Waals surface area contributed by atoms with Crippen molar-refractivity contribution in [2.24, 2.45) is 0 Å². The van der Waals surface area contributed by atoms with Crippen molar-refractivity contribution < 1.29 is 27.4 Å². The van der Waals surface area contributed by atoms with Crippen molar-refractivity contribution in [3.8, 4) is 17.2 Å². The van der Waals surface area contributed by atoms with E-state index in [0.717, 1.165) is 5.56 Å². The van der Waals surface area contributed by atoms with Crippen LogP contribution in [0.2, 0.25) is 0 Å². The lowest BCUT2D eigenvalue weighted by Gasteiger charge is -2.12. The third-order valence-electron chi connectivity index (χ3n) is 4.48. The van der Waals surface area contributed by atoms with Crippen molar-refractivity contribution in [1.82, 2.24) is 0 Å². The summed E-state index contributed by atoms with van der Waals surface area (Å²) >= 11 is 0. The van der Waals surface area contributed by atoms with Crippen molar-refractivity contribution in [1.29, 1.82) is 0 Å². The van der Waals surface area contributed by atoms with Gasteiger partial charge in [0.05, 0.1) is 24.8 Å². The number of amides is 1. The maximum Gasteiger partial charge on any atom is 0.262 e. The summed E-state index contributed by atoms with van der Waals surface area (Å²) in [5, 5.41) is 2.74. The molecule has 0 aliphatic rings. The summed E-state index contributed by atoms with van der Waals surface area (Å²) in [5.74, 6) is 1.16. The molecule has 0 aromatic heterocycles. The van der Waals surface area contributed by atoms with Crippen LogP contribution in [0.3, 0.4) is 0 Å². The molecule has 168 valence electrons. The normalized spacial score (nSPS) is 10.8. The van der Waals surface area contributed by atoms with Gasteiger partial charge in [-0.3, -0.25) is 9.52 Å². The van der Waals surface area contributed by atoms with Crippen LogP contribution in [-0.2, 0) is 14.8 Å². The summed E-state index contributed by atoms with van der Waals surface area (Å²) in [6.07, 6.45) is 0. The van der Waals surface area contributed by atoms with E-state index in [-0.39, 0.29) is 17.4 Å². The Balaban J connectivity index is 1.59. The number of carbonyl (C=O) groups is 1. The van der Waals surface area contributed by atoms with Gasteiger partial charge in [-0.25, -0.2) is 8.42 Å². The minimum atomic E-state index is -3.77. The lowest BCUT2D eigenvalue weighted by atomic mass is 10.2. The van der Waals surface area contributed by atoms with E-state index in [2.05, 4.69) is 10.0 Å². The molecule has 0 spiro atoms. The lowest BCUT2D eigenvalue weighted by molar-refractivity contribution is -0.118. The number of hydrogen-bond acceptors (Lipinski definition) is 6. The molecule has 0 fully saturated rings. The summed E-state index contributed by atoms with van der Waals surface area (Å²) in [6, 6.07) is 17.8. The van der Waals surface area contributed by atoms with Gasteiger partial charge in [0, 0.05) is 5.69 Å². The number of aryl methyl sites for hydroxylation is 1. The Morgan fingerprint density at radius 1 is 0.875 bits per heavy atom. The fraction of sp³-hybridized carbons (Fsp3) is 0.174. The van der Waals surface area contributed by atoms with Crippen molar-refractivity contribution >= 4 is 27.3 Å². The number of sulfonamides is 1. The molecule has 0 atom stereocenters. The van der Waals surface area contributed by atoms with E-state index >= 15 is 0 Å². The summed E-state index contributed by atoms with van der Waals surface area (Å²) in [4.78, 5) is 12.3. The van der Waals surface area contributed by atoms with Crippen LogP contribution in [0, 0.1) is 6.92 Å². The Bertz CT molecular complexity index is 1180. The van der Waals surface area contributed by atoms with Gasteiger partial charge in [0.15, 0.2) is 6.61 Å². The molecule has 3 rings (SSSR count). The molecule has 32 heavy (non-hydrogen) atoms. The molecule has 0 radical (unpaired) electrons. The number of carbonyl (C=O) groups excluding carboxylic acids is 1. The first kappa shape index (κ1) is 23.0. The largest absolute Gasteiger partial charge is 0.497 e. The molecule has 0 aliphatic carbocycles.